The zero-order chi connectivity index (χ0) is 13.8. The van der Waals surface area contributed by atoms with Crippen LogP contribution in [0.15, 0.2) is 53.6 Å². The Labute approximate surface area is 120 Å². The van der Waals surface area contributed by atoms with Crippen molar-refractivity contribution < 1.29 is 4.79 Å². The van der Waals surface area contributed by atoms with Gasteiger partial charge in [-0.3, -0.25) is 4.79 Å². The van der Waals surface area contributed by atoms with Crippen molar-refractivity contribution in [3.63, 3.8) is 0 Å². The van der Waals surface area contributed by atoms with E-state index in [2.05, 4.69) is 5.10 Å². The van der Waals surface area contributed by atoms with Crippen molar-refractivity contribution in [1.29, 1.82) is 0 Å². The van der Waals surface area contributed by atoms with Crippen LogP contribution in [-0.4, -0.2) is 11.5 Å². The van der Waals surface area contributed by atoms with E-state index in [1.165, 1.54) is 0 Å². The van der Waals surface area contributed by atoms with Crippen LogP contribution in [0.25, 0.3) is 0 Å². The molecule has 96 valence electrons. The standard InChI is InChI=1S/C14H10Cl2N2O/c15-11-5-1-9(2-6-11)13(18-17)14(19)10-3-7-12(16)8-4-10/h1-8H,17H2. The Balaban J connectivity index is 2.35. The van der Waals surface area contributed by atoms with Crippen LogP contribution in [0.4, 0.5) is 0 Å². The predicted molar refractivity (Wildman–Crippen MR) is 78.0 cm³/mol. The lowest BCUT2D eigenvalue weighted by molar-refractivity contribution is 0.106. The Morgan fingerprint density at radius 3 is 1.68 bits per heavy atom. The molecule has 3 nitrogen and oxygen atoms in total. The fourth-order valence-corrected chi connectivity index (χ4v) is 1.86. The number of nitrogens with zero attached hydrogens (tertiary/aromatic N) is 1. The molecule has 0 heterocycles. The zero-order valence-electron chi connectivity index (χ0n) is 9.81. The summed E-state index contributed by atoms with van der Waals surface area (Å²) < 4.78 is 0. The Bertz CT molecular complexity index is 619. The number of carbonyl (C=O) groups excluding carboxylic acids is 1. The van der Waals surface area contributed by atoms with Gasteiger partial charge in [-0.25, -0.2) is 0 Å². The first-order chi connectivity index (χ1) is 9.11. The van der Waals surface area contributed by atoms with Crippen molar-refractivity contribution in [2.75, 3.05) is 0 Å². The van der Waals surface area contributed by atoms with Gasteiger partial charge in [0.15, 0.2) is 0 Å². The van der Waals surface area contributed by atoms with E-state index in [1.807, 2.05) is 0 Å². The molecule has 0 saturated carbocycles. The topological polar surface area (TPSA) is 55.4 Å². The molecule has 0 aliphatic rings. The van der Waals surface area contributed by atoms with Crippen LogP contribution >= 0.6 is 23.2 Å². The van der Waals surface area contributed by atoms with Crippen LogP contribution in [0.1, 0.15) is 15.9 Å². The molecule has 0 unspecified atom stereocenters. The second kappa shape index (κ2) is 5.87. The quantitative estimate of drug-likeness (QED) is 0.407. The van der Waals surface area contributed by atoms with Gasteiger partial charge in [0.2, 0.25) is 5.78 Å². The van der Waals surface area contributed by atoms with E-state index < -0.39 is 0 Å². The van der Waals surface area contributed by atoms with Gasteiger partial charge in [0, 0.05) is 21.2 Å². The lowest BCUT2D eigenvalue weighted by Crippen LogP contribution is -2.17. The number of hydrogen-bond acceptors (Lipinski definition) is 3. The maximum absolute atomic E-state index is 12.3. The highest BCUT2D eigenvalue weighted by Crippen LogP contribution is 2.15. The maximum atomic E-state index is 12.3. The van der Waals surface area contributed by atoms with Gasteiger partial charge in [0.1, 0.15) is 5.71 Å². The summed E-state index contributed by atoms with van der Waals surface area (Å²) in [6, 6.07) is 13.3. The van der Waals surface area contributed by atoms with Crippen molar-refractivity contribution >= 4 is 34.7 Å². The number of hydrogen-bond donors (Lipinski definition) is 1. The number of Topliss-reactive ketones (excluding diaryl/α,β-unsaturated/α-hetero) is 1. The van der Waals surface area contributed by atoms with Crippen molar-refractivity contribution in [2.45, 2.75) is 0 Å². The number of hydrazone groups is 1. The minimum atomic E-state index is -0.263. The first kappa shape index (κ1) is 13.6. The highest BCUT2D eigenvalue weighted by molar-refractivity contribution is 6.51. The summed E-state index contributed by atoms with van der Waals surface area (Å²) in [5.74, 6) is 5.06. The van der Waals surface area contributed by atoms with Gasteiger partial charge in [-0.1, -0.05) is 35.3 Å². The largest absolute Gasteiger partial charge is 0.323 e. The molecule has 2 N–H and O–H groups in total. The molecule has 19 heavy (non-hydrogen) atoms. The van der Waals surface area contributed by atoms with Crippen molar-refractivity contribution in [1.82, 2.24) is 0 Å². The molecule has 2 aromatic rings. The van der Waals surface area contributed by atoms with E-state index >= 15 is 0 Å². The highest BCUT2D eigenvalue weighted by atomic mass is 35.5. The van der Waals surface area contributed by atoms with Crippen LogP contribution in [-0.2, 0) is 0 Å². The number of halogens is 2. The van der Waals surface area contributed by atoms with E-state index in [9.17, 15) is 4.79 Å². The maximum Gasteiger partial charge on any atom is 0.213 e. The zero-order valence-corrected chi connectivity index (χ0v) is 11.3. The number of benzene rings is 2. The molecule has 0 amide bonds. The molecule has 0 aliphatic carbocycles. The van der Waals surface area contributed by atoms with Crippen LogP contribution in [0.3, 0.4) is 0 Å². The summed E-state index contributed by atoms with van der Waals surface area (Å²) in [7, 11) is 0. The van der Waals surface area contributed by atoms with E-state index in [0.29, 0.717) is 21.2 Å². The fourth-order valence-electron chi connectivity index (χ4n) is 1.61. The van der Waals surface area contributed by atoms with Gasteiger partial charge in [-0.2, -0.15) is 5.10 Å². The van der Waals surface area contributed by atoms with Gasteiger partial charge in [0.25, 0.3) is 0 Å². The first-order valence-electron chi connectivity index (χ1n) is 5.46. The smallest absolute Gasteiger partial charge is 0.213 e. The van der Waals surface area contributed by atoms with Crippen LogP contribution in [0.5, 0.6) is 0 Å². The Morgan fingerprint density at radius 1 is 0.842 bits per heavy atom. The van der Waals surface area contributed by atoms with Crippen LogP contribution in [0.2, 0.25) is 10.0 Å². The predicted octanol–water partition coefficient (Wildman–Crippen LogP) is 3.54. The minimum absolute atomic E-state index is 0.180. The molecule has 5 heteroatoms. The molecule has 0 fully saturated rings. The summed E-state index contributed by atoms with van der Waals surface area (Å²) in [4.78, 5) is 12.3. The highest BCUT2D eigenvalue weighted by Gasteiger charge is 2.16. The van der Waals surface area contributed by atoms with Gasteiger partial charge in [0.05, 0.1) is 0 Å². The third-order valence-electron chi connectivity index (χ3n) is 2.57. The molecular formula is C14H10Cl2N2O. The van der Waals surface area contributed by atoms with E-state index in [1.54, 1.807) is 48.5 Å². The fraction of sp³-hybridized carbons (Fsp3) is 0. The second-order valence-electron chi connectivity index (χ2n) is 3.82. The molecule has 0 atom stereocenters. The summed E-state index contributed by atoms with van der Waals surface area (Å²) in [6.07, 6.45) is 0. The number of nitrogens with two attached hydrogens (primary N) is 1. The lowest BCUT2D eigenvalue weighted by atomic mass is 10.0. The Morgan fingerprint density at radius 2 is 1.26 bits per heavy atom. The number of ketones is 1. The van der Waals surface area contributed by atoms with Crippen molar-refractivity contribution in [2.24, 2.45) is 10.9 Å². The van der Waals surface area contributed by atoms with Gasteiger partial charge >= 0.3 is 0 Å². The molecule has 0 saturated heterocycles. The molecule has 0 aromatic heterocycles. The summed E-state index contributed by atoms with van der Waals surface area (Å²) in [5.41, 5.74) is 1.27. The average molecular weight is 293 g/mol. The molecule has 2 aromatic carbocycles. The molecule has 0 bridgehead atoms. The van der Waals surface area contributed by atoms with Gasteiger partial charge in [-0.15, -0.1) is 0 Å². The van der Waals surface area contributed by atoms with E-state index in [-0.39, 0.29) is 11.5 Å². The second-order valence-corrected chi connectivity index (χ2v) is 4.69. The lowest BCUT2D eigenvalue weighted by Gasteiger charge is -2.05. The van der Waals surface area contributed by atoms with Crippen molar-refractivity contribution in [3.8, 4) is 0 Å². The van der Waals surface area contributed by atoms with Gasteiger partial charge < -0.3 is 5.84 Å². The van der Waals surface area contributed by atoms with E-state index in [4.69, 9.17) is 29.0 Å². The van der Waals surface area contributed by atoms with Crippen LogP contribution < -0.4 is 5.84 Å². The molecule has 0 radical (unpaired) electrons. The number of rotatable bonds is 3. The number of carbonyl (C=O) groups is 1. The summed E-state index contributed by atoms with van der Waals surface area (Å²) >= 11 is 11.6. The van der Waals surface area contributed by atoms with E-state index in [0.717, 1.165) is 0 Å². The summed E-state index contributed by atoms with van der Waals surface area (Å²) in [6.45, 7) is 0. The van der Waals surface area contributed by atoms with Gasteiger partial charge in [-0.05, 0) is 36.4 Å². The normalized spacial score (nSPS) is 11.4. The molecular weight excluding hydrogens is 283 g/mol. The van der Waals surface area contributed by atoms with Crippen LogP contribution in [0, 0.1) is 0 Å². The summed E-state index contributed by atoms with van der Waals surface area (Å²) in [5, 5.41) is 4.72. The third kappa shape index (κ3) is 3.13. The Kier molecular flexibility index (Phi) is 4.20. The minimum Gasteiger partial charge on any atom is -0.323 e. The first-order valence-corrected chi connectivity index (χ1v) is 6.21. The molecule has 2 rings (SSSR count). The molecule has 0 aliphatic heterocycles. The molecule has 0 spiro atoms. The van der Waals surface area contributed by atoms with Crippen molar-refractivity contribution in [3.05, 3.63) is 69.7 Å². The Hall–Kier alpha value is -1.84. The third-order valence-corrected chi connectivity index (χ3v) is 3.07. The SMILES string of the molecule is NN=C(C(=O)c1ccc(Cl)cc1)c1ccc(Cl)cc1. The monoisotopic (exact) mass is 292 g/mol. The average Bonchev–Trinajstić information content (AvgIpc) is 2.42.